The van der Waals surface area contributed by atoms with E-state index >= 15 is 0 Å². The Labute approximate surface area is 136 Å². The number of hydrogen-bond donors (Lipinski definition) is 2. The molecule has 0 radical (unpaired) electrons. The van der Waals surface area contributed by atoms with Crippen LogP contribution in [-0.2, 0) is 11.3 Å². The molecule has 0 bridgehead atoms. The first-order valence-corrected chi connectivity index (χ1v) is 8.05. The van der Waals surface area contributed by atoms with Crippen LogP contribution in [0.2, 0.25) is 0 Å². The number of para-hydroxylation sites is 1. The minimum absolute atomic E-state index is 0.0786. The zero-order valence-corrected chi connectivity index (χ0v) is 13.1. The average molecular weight is 310 g/mol. The summed E-state index contributed by atoms with van der Waals surface area (Å²) < 4.78 is 0. The van der Waals surface area contributed by atoms with Gasteiger partial charge in [-0.25, -0.2) is 0 Å². The van der Waals surface area contributed by atoms with Gasteiger partial charge in [0.15, 0.2) is 0 Å². The number of carbonyl (C=O) groups is 1. The second-order valence-corrected chi connectivity index (χ2v) is 5.90. The van der Waals surface area contributed by atoms with Crippen LogP contribution in [0.15, 0.2) is 54.6 Å². The summed E-state index contributed by atoms with van der Waals surface area (Å²) in [5.74, 6) is -0.0157. The second kappa shape index (κ2) is 7.40. The van der Waals surface area contributed by atoms with E-state index in [0.717, 1.165) is 30.8 Å². The predicted octanol–water partition coefficient (Wildman–Crippen LogP) is 2.61. The number of nitrogens with zero attached hydrogens (tertiary/aromatic N) is 1. The van der Waals surface area contributed by atoms with Crippen LogP contribution >= 0.6 is 0 Å². The minimum atomic E-state index is -0.0943. The molecule has 0 saturated heterocycles. The maximum absolute atomic E-state index is 12.2. The first-order valence-electron chi connectivity index (χ1n) is 8.05. The Bertz CT molecular complexity index is 657. The third kappa shape index (κ3) is 3.78. The van der Waals surface area contributed by atoms with Crippen molar-refractivity contribution in [2.24, 2.45) is 0 Å². The van der Waals surface area contributed by atoms with Gasteiger partial charge in [0, 0.05) is 18.8 Å². The van der Waals surface area contributed by atoms with E-state index in [0.29, 0.717) is 6.54 Å². The summed E-state index contributed by atoms with van der Waals surface area (Å²) in [6.45, 7) is 2.31. The highest BCUT2D eigenvalue weighted by Crippen LogP contribution is 2.34. The molecule has 3 rings (SSSR count). The average Bonchev–Trinajstić information content (AvgIpc) is 2.89. The zero-order chi connectivity index (χ0) is 16.1. The number of amides is 1. The molecule has 120 valence electrons. The molecule has 1 heterocycles. The summed E-state index contributed by atoms with van der Waals surface area (Å²) in [7, 11) is 0. The standard InChI is InChI=1S/C19H22N2O2/c22-13-12-21(14-15-6-2-1-3-7-15)11-10-17-16-8-4-5-9-18(16)20-19(17)23/h1-9,17,22H,10-14H2,(H,20,23). The van der Waals surface area contributed by atoms with E-state index in [1.807, 2.05) is 42.5 Å². The van der Waals surface area contributed by atoms with Crippen LogP contribution in [0.4, 0.5) is 5.69 Å². The molecule has 0 saturated carbocycles. The molecule has 23 heavy (non-hydrogen) atoms. The Morgan fingerprint density at radius 1 is 1.00 bits per heavy atom. The number of aliphatic hydroxyl groups is 1. The highest BCUT2D eigenvalue weighted by Gasteiger charge is 2.30. The van der Waals surface area contributed by atoms with Crippen molar-refractivity contribution in [1.82, 2.24) is 4.90 Å². The van der Waals surface area contributed by atoms with E-state index in [4.69, 9.17) is 0 Å². The van der Waals surface area contributed by atoms with Crippen molar-refractivity contribution in [3.8, 4) is 0 Å². The van der Waals surface area contributed by atoms with Crippen molar-refractivity contribution in [2.75, 3.05) is 25.0 Å². The summed E-state index contributed by atoms with van der Waals surface area (Å²) in [6.07, 6.45) is 0.760. The van der Waals surface area contributed by atoms with Gasteiger partial charge in [-0.05, 0) is 30.2 Å². The number of carbonyl (C=O) groups excluding carboxylic acids is 1. The molecule has 0 aromatic heterocycles. The largest absolute Gasteiger partial charge is 0.395 e. The molecule has 0 fully saturated rings. The van der Waals surface area contributed by atoms with Crippen LogP contribution in [0, 0.1) is 0 Å². The maximum atomic E-state index is 12.2. The Morgan fingerprint density at radius 3 is 2.52 bits per heavy atom. The van der Waals surface area contributed by atoms with Crippen molar-refractivity contribution in [3.05, 3.63) is 65.7 Å². The molecule has 4 nitrogen and oxygen atoms in total. The highest BCUT2D eigenvalue weighted by atomic mass is 16.3. The smallest absolute Gasteiger partial charge is 0.232 e. The Morgan fingerprint density at radius 2 is 1.74 bits per heavy atom. The first kappa shape index (κ1) is 15.7. The molecule has 2 N–H and O–H groups in total. The molecule has 1 atom stereocenters. The molecule has 4 heteroatoms. The number of nitrogens with one attached hydrogen (secondary N) is 1. The lowest BCUT2D eigenvalue weighted by Crippen LogP contribution is -2.29. The van der Waals surface area contributed by atoms with Crippen molar-refractivity contribution in [1.29, 1.82) is 0 Å². The minimum Gasteiger partial charge on any atom is -0.395 e. The van der Waals surface area contributed by atoms with Crippen LogP contribution in [-0.4, -0.2) is 35.6 Å². The summed E-state index contributed by atoms with van der Waals surface area (Å²) >= 11 is 0. The molecule has 0 spiro atoms. The van der Waals surface area contributed by atoms with Gasteiger partial charge in [0.2, 0.25) is 5.91 Å². The van der Waals surface area contributed by atoms with Gasteiger partial charge in [0.1, 0.15) is 0 Å². The number of hydrogen-bond acceptors (Lipinski definition) is 3. The topological polar surface area (TPSA) is 52.6 Å². The Balaban J connectivity index is 1.64. The molecule has 1 amide bonds. The van der Waals surface area contributed by atoms with Crippen molar-refractivity contribution >= 4 is 11.6 Å². The molecular weight excluding hydrogens is 288 g/mol. The van der Waals surface area contributed by atoms with Crippen molar-refractivity contribution < 1.29 is 9.90 Å². The number of fused-ring (bicyclic) bond motifs is 1. The van der Waals surface area contributed by atoms with Crippen LogP contribution in [0.5, 0.6) is 0 Å². The van der Waals surface area contributed by atoms with E-state index in [1.54, 1.807) is 0 Å². The number of aliphatic hydroxyl groups excluding tert-OH is 1. The number of rotatable bonds is 7. The monoisotopic (exact) mass is 310 g/mol. The van der Waals surface area contributed by atoms with Gasteiger partial charge in [-0.1, -0.05) is 48.5 Å². The van der Waals surface area contributed by atoms with Crippen LogP contribution in [0.25, 0.3) is 0 Å². The van der Waals surface area contributed by atoms with Crippen LogP contribution in [0.1, 0.15) is 23.5 Å². The lowest BCUT2D eigenvalue weighted by Gasteiger charge is -2.22. The predicted molar refractivity (Wildman–Crippen MR) is 91.2 cm³/mol. The normalized spacial score (nSPS) is 16.4. The summed E-state index contributed by atoms with van der Waals surface area (Å²) in [6, 6.07) is 18.1. The summed E-state index contributed by atoms with van der Waals surface area (Å²) in [5, 5.41) is 12.2. The lowest BCUT2D eigenvalue weighted by atomic mass is 9.97. The summed E-state index contributed by atoms with van der Waals surface area (Å²) in [4.78, 5) is 14.4. The molecule has 1 aliphatic rings. The van der Waals surface area contributed by atoms with Gasteiger partial charge in [-0.3, -0.25) is 9.69 Å². The molecule has 1 unspecified atom stereocenters. The molecule has 1 aliphatic heterocycles. The van der Waals surface area contributed by atoms with Gasteiger partial charge in [-0.15, -0.1) is 0 Å². The zero-order valence-electron chi connectivity index (χ0n) is 13.1. The van der Waals surface area contributed by atoms with E-state index in [1.165, 1.54) is 5.56 Å². The molecule has 2 aromatic carbocycles. The first-order chi connectivity index (χ1) is 11.3. The third-order valence-electron chi connectivity index (χ3n) is 4.31. The fourth-order valence-electron chi connectivity index (χ4n) is 3.13. The second-order valence-electron chi connectivity index (χ2n) is 5.90. The van der Waals surface area contributed by atoms with Gasteiger partial charge in [0.05, 0.1) is 12.5 Å². The molecule has 0 aliphatic carbocycles. The molecular formula is C19H22N2O2. The van der Waals surface area contributed by atoms with E-state index in [2.05, 4.69) is 22.3 Å². The quantitative estimate of drug-likeness (QED) is 0.826. The van der Waals surface area contributed by atoms with Gasteiger partial charge >= 0.3 is 0 Å². The fraction of sp³-hybridized carbons (Fsp3) is 0.316. The maximum Gasteiger partial charge on any atom is 0.232 e. The molecule has 2 aromatic rings. The number of benzene rings is 2. The van der Waals surface area contributed by atoms with Gasteiger partial charge in [0.25, 0.3) is 0 Å². The summed E-state index contributed by atoms with van der Waals surface area (Å²) in [5.41, 5.74) is 3.23. The van der Waals surface area contributed by atoms with Crippen LogP contribution < -0.4 is 5.32 Å². The van der Waals surface area contributed by atoms with E-state index in [9.17, 15) is 9.90 Å². The third-order valence-corrected chi connectivity index (χ3v) is 4.31. The fourth-order valence-corrected chi connectivity index (χ4v) is 3.13. The van der Waals surface area contributed by atoms with Gasteiger partial charge in [-0.2, -0.15) is 0 Å². The van der Waals surface area contributed by atoms with Crippen LogP contribution in [0.3, 0.4) is 0 Å². The van der Waals surface area contributed by atoms with E-state index < -0.39 is 0 Å². The van der Waals surface area contributed by atoms with Crippen molar-refractivity contribution in [3.63, 3.8) is 0 Å². The Hall–Kier alpha value is -2.17. The Kier molecular flexibility index (Phi) is 5.05. The SMILES string of the molecule is O=C1Nc2ccccc2C1CCN(CCO)Cc1ccccc1. The van der Waals surface area contributed by atoms with Crippen molar-refractivity contribution in [2.45, 2.75) is 18.9 Å². The van der Waals surface area contributed by atoms with E-state index in [-0.39, 0.29) is 18.4 Å². The highest BCUT2D eigenvalue weighted by molar-refractivity contribution is 6.02. The lowest BCUT2D eigenvalue weighted by molar-refractivity contribution is -0.117. The van der Waals surface area contributed by atoms with Gasteiger partial charge < -0.3 is 10.4 Å². The number of anilines is 1.